The highest BCUT2D eigenvalue weighted by molar-refractivity contribution is 14.1. The number of nitrogens with one attached hydrogen (secondary N) is 2. The van der Waals surface area contributed by atoms with Gasteiger partial charge >= 0.3 is 6.03 Å². The largest absolute Gasteiger partial charge is 0.493 e. The molecule has 0 aromatic heterocycles. The van der Waals surface area contributed by atoms with Gasteiger partial charge in [-0.15, -0.1) is 0 Å². The molecule has 6 nitrogen and oxygen atoms in total. The second-order valence-corrected chi connectivity index (χ2v) is 8.28. The van der Waals surface area contributed by atoms with E-state index in [2.05, 4.69) is 33.2 Å². The smallest absolute Gasteiger partial charge is 0.320 e. The van der Waals surface area contributed by atoms with Crippen molar-refractivity contribution in [2.45, 2.75) is 6.04 Å². The molecule has 162 valence electrons. The highest BCUT2D eigenvalue weighted by atomic mass is 127. The molecule has 3 aromatic rings. The van der Waals surface area contributed by atoms with Crippen LogP contribution in [0.1, 0.15) is 27.5 Å². The highest BCUT2D eigenvalue weighted by Gasteiger charge is 2.34. The normalized spacial score (nSPS) is 15.6. The number of ether oxygens (including phenoxy) is 2. The van der Waals surface area contributed by atoms with Gasteiger partial charge in [-0.25, -0.2) is 4.79 Å². The Balaban J connectivity index is 1.95. The quantitative estimate of drug-likeness (QED) is 0.343. The summed E-state index contributed by atoms with van der Waals surface area (Å²) in [6.45, 7) is 0. The predicted octanol–water partition coefficient (Wildman–Crippen LogP) is 4.96. The maximum Gasteiger partial charge on any atom is 0.320 e. The molecule has 4 rings (SSSR count). The summed E-state index contributed by atoms with van der Waals surface area (Å²) in [6, 6.07) is 21.0. The zero-order valence-electron chi connectivity index (χ0n) is 17.5. The van der Waals surface area contributed by atoms with Crippen molar-refractivity contribution in [2.75, 3.05) is 14.2 Å². The van der Waals surface area contributed by atoms with Crippen LogP contribution >= 0.6 is 22.6 Å². The number of rotatable bonds is 6. The molecule has 0 radical (unpaired) electrons. The molecule has 0 bridgehead atoms. The Labute approximate surface area is 199 Å². The van der Waals surface area contributed by atoms with Gasteiger partial charge in [-0.05, 0) is 45.9 Å². The second kappa shape index (κ2) is 9.44. The number of hydrogen-bond acceptors (Lipinski definition) is 4. The van der Waals surface area contributed by atoms with Gasteiger partial charge in [0, 0.05) is 5.56 Å². The first-order valence-electron chi connectivity index (χ1n) is 9.91. The number of hydrogen-bond donors (Lipinski definition) is 2. The van der Waals surface area contributed by atoms with Crippen LogP contribution in [0.25, 0.3) is 5.70 Å². The molecule has 0 fully saturated rings. The van der Waals surface area contributed by atoms with Gasteiger partial charge in [0.2, 0.25) is 0 Å². The van der Waals surface area contributed by atoms with Crippen LogP contribution in [0, 0.1) is 3.57 Å². The molecule has 7 heteroatoms. The number of carbonyl (C=O) groups is 2. The number of benzene rings is 3. The number of ketones is 1. The lowest BCUT2D eigenvalue weighted by atomic mass is 9.87. The molecular formula is C25H21IN2O4. The van der Waals surface area contributed by atoms with Gasteiger partial charge in [0.1, 0.15) is 0 Å². The van der Waals surface area contributed by atoms with E-state index >= 15 is 0 Å². The Hall–Kier alpha value is -3.33. The Morgan fingerprint density at radius 3 is 2.22 bits per heavy atom. The molecule has 1 atom stereocenters. The Morgan fingerprint density at radius 1 is 0.938 bits per heavy atom. The molecule has 1 aliphatic heterocycles. The Morgan fingerprint density at radius 2 is 1.59 bits per heavy atom. The first-order valence-corrected chi connectivity index (χ1v) is 11.0. The first-order chi connectivity index (χ1) is 15.5. The lowest BCUT2D eigenvalue weighted by Gasteiger charge is -2.30. The lowest BCUT2D eigenvalue weighted by molar-refractivity contribution is 0.102. The lowest BCUT2D eigenvalue weighted by Crippen LogP contribution is -2.45. The Bertz CT molecular complexity index is 1190. The van der Waals surface area contributed by atoms with Crippen LogP contribution in [0.5, 0.6) is 11.5 Å². The summed E-state index contributed by atoms with van der Waals surface area (Å²) in [6.07, 6.45) is 0. The summed E-state index contributed by atoms with van der Waals surface area (Å²) in [5, 5.41) is 5.77. The van der Waals surface area contributed by atoms with Gasteiger partial charge < -0.3 is 20.1 Å². The van der Waals surface area contributed by atoms with E-state index in [-0.39, 0.29) is 11.8 Å². The summed E-state index contributed by atoms with van der Waals surface area (Å²) in [5.41, 5.74) is 2.94. The zero-order chi connectivity index (χ0) is 22.7. The number of Topliss-reactive ketones (excluding diaryl/α,β-unsaturated/α-hetero) is 1. The van der Waals surface area contributed by atoms with E-state index in [4.69, 9.17) is 9.47 Å². The van der Waals surface area contributed by atoms with Gasteiger partial charge in [0.05, 0.1) is 35.1 Å². The molecular weight excluding hydrogens is 519 g/mol. The number of methoxy groups -OCH3 is 2. The molecule has 1 unspecified atom stereocenters. The van der Waals surface area contributed by atoms with Crippen molar-refractivity contribution in [2.24, 2.45) is 0 Å². The van der Waals surface area contributed by atoms with E-state index in [9.17, 15) is 9.59 Å². The minimum atomic E-state index is -0.681. The van der Waals surface area contributed by atoms with E-state index in [1.54, 1.807) is 32.4 Å². The van der Waals surface area contributed by atoms with E-state index in [0.717, 1.165) is 14.7 Å². The van der Waals surface area contributed by atoms with Crippen molar-refractivity contribution < 1.29 is 19.1 Å². The molecule has 0 spiro atoms. The molecule has 0 saturated carbocycles. The third-order valence-corrected chi connectivity index (χ3v) is 6.01. The second-order valence-electron chi connectivity index (χ2n) is 7.12. The standard InChI is InChI=1S/C25H21IN2O4/c1-31-19-14-17(13-18(26)24(19)32-2)22-20(23(29)16-11-7-4-8-12-16)21(27-25(30)28-22)15-9-5-3-6-10-15/h3-14,22H,1-2H3,(H2,27,28,30). The van der Waals surface area contributed by atoms with Crippen molar-refractivity contribution in [3.8, 4) is 11.5 Å². The molecule has 0 saturated heterocycles. The highest BCUT2D eigenvalue weighted by Crippen LogP contribution is 2.39. The number of urea groups is 1. The molecule has 3 aromatic carbocycles. The van der Waals surface area contributed by atoms with Gasteiger partial charge in [-0.3, -0.25) is 4.79 Å². The molecule has 32 heavy (non-hydrogen) atoms. The molecule has 1 aliphatic rings. The summed E-state index contributed by atoms with van der Waals surface area (Å²) >= 11 is 2.15. The fourth-order valence-electron chi connectivity index (χ4n) is 3.74. The van der Waals surface area contributed by atoms with Crippen LogP contribution in [0.4, 0.5) is 4.79 Å². The van der Waals surface area contributed by atoms with E-state index in [0.29, 0.717) is 28.3 Å². The predicted molar refractivity (Wildman–Crippen MR) is 131 cm³/mol. The third kappa shape index (κ3) is 4.20. The average molecular weight is 540 g/mol. The minimum Gasteiger partial charge on any atom is -0.493 e. The van der Waals surface area contributed by atoms with Gasteiger partial charge in [0.25, 0.3) is 0 Å². The summed E-state index contributed by atoms with van der Waals surface area (Å²) in [4.78, 5) is 26.4. The number of halogens is 1. The summed E-state index contributed by atoms with van der Waals surface area (Å²) in [7, 11) is 3.13. The third-order valence-electron chi connectivity index (χ3n) is 5.20. The molecule has 2 amide bonds. The van der Waals surface area contributed by atoms with E-state index in [1.165, 1.54) is 0 Å². The van der Waals surface area contributed by atoms with Crippen LogP contribution in [0.2, 0.25) is 0 Å². The number of carbonyl (C=O) groups excluding carboxylic acids is 2. The first kappa shape index (κ1) is 21.9. The topological polar surface area (TPSA) is 76.7 Å². The SMILES string of the molecule is COc1cc(C2NC(=O)NC(c3ccccc3)=C2C(=O)c2ccccc2)cc(I)c1OC. The average Bonchev–Trinajstić information content (AvgIpc) is 2.83. The molecule has 1 heterocycles. The van der Waals surface area contributed by atoms with E-state index in [1.807, 2.05) is 54.6 Å². The van der Waals surface area contributed by atoms with Gasteiger partial charge in [-0.2, -0.15) is 0 Å². The van der Waals surface area contributed by atoms with Gasteiger partial charge in [-0.1, -0.05) is 60.7 Å². The zero-order valence-corrected chi connectivity index (χ0v) is 19.7. The van der Waals surface area contributed by atoms with Crippen molar-refractivity contribution in [3.05, 3.63) is 98.6 Å². The minimum absolute atomic E-state index is 0.174. The van der Waals surface area contributed by atoms with E-state index < -0.39 is 6.04 Å². The van der Waals surface area contributed by atoms with Crippen molar-refractivity contribution >= 4 is 40.1 Å². The number of amides is 2. The molecule has 2 N–H and O–H groups in total. The van der Waals surface area contributed by atoms with Crippen LogP contribution < -0.4 is 20.1 Å². The van der Waals surface area contributed by atoms with Crippen molar-refractivity contribution in [3.63, 3.8) is 0 Å². The summed E-state index contributed by atoms with van der Waals surface area (Å²) < 4.78 is 11.8. The van der Waals surface area contributed by atoms with Gasteiger partial charge in [0.15, 0.2) is 17.3 Å². The Kier molecular flexibility index (Phi) is 6.45. The van der Waals surface area contributed by atoms with Crippen LogP contribution in [-0.2, 0) is 0 Å². The van der Waals surface area contributed by atoms with Crippen LogP contribution in [0.3, 0.4) is 0 Å². The monoisotopic (exact) mass is 540 g/mol. The van der Waals surface area contributed by atoms with Crippen molar-refractivity contribution in [1.29, 1.82) is 0 Å². The van der Waals surface area contributed by atoms with Crippen molar-refractivity contribution in [1.82, 2.24) is 10.6 Å². The van der Waals surface area contributed by atoms with Crippen LogP contribution in [-0.4, -0.2) is 26.0 Å². The summed E-state index contributed by atoms with van der Waals surface area (Å²) in [5.74, 6) is 0.946. The maximum absolute atomic E-state index is 13.7. The fourth-order valence-corrected chi connectivity index (χ4v) is 4.59. The molecule has 0 aliphatic carbocycles. The maximum atomic E-state index is 13.7. The van der Waals surface area contributed by atoms with Crippen LogP contribution in [0.15, 0.2) is 78.4 Å². The fraction of sp³-hybridized carbons (Fsp3) is 0.120.